The lowest BCUT2D eigenvalue weighted by Gasteiger charge is -2.26. The Morgan fingerprint density at radius 3 is 2.95 bits per heavy atom. The van der Waals surface area contributed by atoms with Crippen LogP contribution in [0.5, 0.6) is 0 Å². The van der Waals surface area contributed by atoms with E-state index in [2.05, 4.69) is 39.0 Å². The van der Waals surface area contributed by atoms with Crippen LogP contribution in [0.1, 0.15) is 24.8 Å². The summed E-state index contributed by atoms with van der Waals surface area (Å²) in [7, 11) is 2.14. The van der Waals surface area contributed by atoms with Crippen molar-refractivity contribution in [3.63, 3.8) is 0 Å². The van der Waals surface area contributed by atoms with Gasteiger partial charge in [0.25, 0.3) is 0 Å². The van der Waals surface area contributed by atoms with Crippen molar-refractivity contribution in [3.05, 3.63) is 22.4 Å². The highest BCUT2D eigenvalue weighted by molar-refractivity contribution is 7.07. The summed E-state index contributed by atoms with van der Waals surface area (Å²) < 4.78 is 0. The number of fused-ring (bicyclic) bond motifs is 1. The Hall–Kier alpha value is -0.910. The van der Waals surface area contributed by atoms with Crippen LogP contribution in [0.4, 0.5) is 0 Å². The minimum atomic E-state index is 0.0945. The van der Waals surface area contributed by atoms with Crippen LogP contribution in [0.25, 0.3) is 0 Å². The molecule has 22 heavy (non-hydrogen) atoms. The number of thiophene rings is 1. The highest BCUT2D eigenvalue weighted by Gasteiger charge is 2.47. The molecule has 4 nitrogen and oxygen atoms in total. The predicted molar refractivity (Wildman–Crippen MR) is 88.8 cm³/mol. The van der Waals surface area contributed by atoms with Gasteiger partial charge in [-0.25, -0.2) is 0 Å². The molecule has 3 heterocycles. The maximum Gasteiger partial charge on any atom is 0.237 e. The van der Waals surface area contributed by atoms with Crippen molar-refractivity contribution in [3.8, 4) is 0 Å². The van der Waals surface area contributed by atoms with Crippen molar-refractivity contribution in [1.82, 2.24) is 15.1 Å². The average Bonchev–Trinajstić information content (AvgIpc) is 2.90. The maximum atomic E-state index is 12.4. The number of hydrogen-bond donors (Lipinski definition) is 1. The average molecular weight is 319 g/mol. The molecule has 1 aromatic heterocycles. The van der Waals surface area contributed by atoms with Gasteiger partial charge >= 0.3 is 0 Å². The van der Waals surface area contributed by atoms with Crippen LogP contribution in [-0.2, 0) is 11.3 Å². The minimum absolute atomic E-state index is 0.0945. The molecule has 120 valence electrons. The summed E-state index contributed by atoms with van der Waals surface area (Å²) in [5, 5.41) is 7.55. The lowest BCUT2D eigenvalue weighted by molar-refractivity contribution is -0.125. The van der Waals surface area contributed by atoms with Gasteiger partial charge in [0.05, 0.1) is 6.04 Å². The molecule has 3 aliphatic rings. The van der Waals surface area contributed by atoms with Gasteiger partial charge < -0.3 is 5.32 Å². The molecular weight excluding hydrogens is 294 g/mol. The monoisotopic (exact) mass is 319 g/mol. The lowest BCUT2D eigenvalue weighted by Crippen LogP contribution is -2.46. The Bertz CT molecular complexity index is 528. The van der Waals surface area contributed by atoms with Crippen molar-refractivity contribution < 1.29 is 4.79 Å². The van der Waals surface area contributed by atoms with Crippen molar-refractivity contribution in [2.24, 2.45) is 11.8 Å². The van der Waals surface area contributed by atoms with Crippen LogP contribution in [0.15, 0.2) is 16.8 Å². The summed E-state index contributed by atoms with van der Waals surface area (Å²) in [4.78, 5) is 17.3. The van der Waals surface area contributed by atoms with Gasteiger partial charge in [0.15, 0.2) is 0 Å². The number of nitrogens with zero attached hydrogens (tertiary/aromatic N) is 2. The molecule has 1 aromatic rings. The van der Waals surface area contributed by atoms with Crippen molar-refractivity contribution in [1.29, 1.82) is 0 Å². The van der Waals surface area contributed by atoms with Gasteiger partial charge in [0, 0.05) is 32.2 Å². The van der Waals surface area contributed by atoms with Gasteiger partial charge in [-0.1, -0.05) is 0 Å². The number of nitrogens with one attached hydrogen (secondary N) is 1. The van der Waals surface area contributed by atoms with Gasteiger partial charge in [-0.3, -0.25) is 14.6 Å². The lowest BCUT2D eigenvalue weighted by atomic mass is 10.0. The van der Waals surface area contributed by atoms with Gasteiger partial charge in [-0.2, -0.15) is 11.3 Å². The number of amides is 1. The second-order valence-electron chi connectivity index (χ2n) is 7.26. The van der Waals surface area contributed by atoms with E-state index in [0.717, 1.165) is 38.5 Å². The Kier molecular flexibility index (Phi) is 3.96. The van der Waals surface area contributed by atoms with E-state index < -0.39 is 0 Å². The molecule has 1 aliphatic carbocycles. The molecule has 1 saturated carbocycles. The molecule has 3 fully saturated rings. The minimum Gasteiger partial charge on any atom is -0.354 e. The van der Waals surface area contributed by atoms with E-state index in [-0.39, 0.29) is 11.9 Å². The Morgan fingerprint density at radius 1 is 1.41 bits per heavy atom. The summed E-state index contributed by atoms with van der Waals surface area (Å²) in [5.41, 5.74) is 1.42. The molecule has 0 bridgehead atoms. The Balaban J connectivity index is 1.31. The highest BCUT2D eigenvalue weighted by atomic mass is 32.1. The maximum absolute atomic E-state index is 12.4. The predicted octanol–water partition coefficient (Wildman–Crippen LogP) is 1.78. The molecule has 0 spiro atoms. The SMILES string of the molecule is CN1[C@H](C(=O)NCC2CC2)C[C@@H]2CN(Cc3ccsc3)C[C@@H]21. The summed E-state index contributed by atoms with van der Waals surface area (Å²) >= 11 is 1.77. The summed E-state index contributed by atoms with van der Waals surface area (Å²) in [5.74, 6) is 1.67. The number of likely N-dealkylation sites (N-methyl/N-ethyl adjacent to an activating group) is 1. The molecule has 3 atom stereocenters. The fourth-order valence-corrected chi connectivity index (χ4v) is 4.73. The number of carbonyl (C=O) groups excluding carboxylic acids is 1. The molecular formula is C17H25N3OS. The molecule has 1 N–H and O–H groups in total. The molecule has 5 heteroatoms. The highest BCUT2D eigenvalue weighted by Crippen LogP contribution is 2.35. The van der Waals surface area contributed by atoms with Crippen LogP contribution in [0, 0.1) is 11.8 Å². The van der Waals surface area contributed by atoms with Crippen molar-refractivity contribution in [2.45, 2.75) is 37.9 Å². The zero-order chi connectivity index (χ0) is 15.1. The quantitative estimate of drug-likeness (QED) is 0.898. The fourth-order valence-electron chi connectivity index (χ4n) is 4.07. The summed E-state index contributed by atoms with van der Waals surface area (Å²) in [6.07, 6.45) is 3.62. The van der Waals surface area contributed by atoms with Crippen molar-refractivity contribution in [2.75, 3.05) is 26.7 Å². The molecule has 1 amide bonds. The molecule has 4 rings (SSSR count). The topological polar surface area (TPSA) is 35.6 Å². The third-order valence-electron chi connectivity index (χ3n) is 5.57. The van der Waals surface area contributed by atoms with E-state index in [1.54, 1.807) is 11.3 Å². The number of carbonyl (C=O) groups is 1. The largest absolute Gasteiger partial charge is 0.354 e. The molecule has 0 unspecified atom stereocenters. The molecule has 2 saturated heterocycles. The van der Waals surface area contributed by atoms with E-state index in [9.17, 15) is 4.79 Å². The van der Waals surface area contributed by atoms with Gasteiger partial charge in [-0.05, 0) is 60.5 Å². The van der Waals surface area contributed by atoms with E-state index in [1.807, 2.05) is 0 Å². The Labute approximate surface area is 136 Å². The first-order valence-electron chi connectivity index (χ1n) is 8.44. The normalized spacial score (nSPS) is 32.3. The standard InChI is InChI=1S/C17H25N3OS/c1-19-15(17(21)18-7-12-2-3-12)6-14-9-20(10-16(14)19)8-13-4-5-22-11-13/h4-5,11-12,14-16H,2-3,6-10H2,1H3,(H,18,21)/t14-,15+,16+/m1/s1. The van der Waals surface area contributed by atoms with Gasteiger partial charge in [-0.15, -0.1) is 0 Å². The van der Waals surface area contributed by atoms with Crippen LogP contribution in [0.2, 0.25) is 0 Å². The zero-order valence-electron chi connectivity index (χ0n) is 13.2. The van der Waals surface area contributed by atoms with Gasteiger partial charge in [0.1, 0.15) is 0 Å². The molecule has 2 aliphatic heterocycles. The number of likely N-dealkylation sites (tertiary alicyclic amines) is 2. The number of rotatable bonds is 5. The van der Waals surface area contributed by atoms with Crippen LogP contribution < -0.4 is 5.32 Å². The molecule has 0 aromatic carbocycles. The number of hydrogen-bond acceptors (Lipinski definition) is 4. The van der Waals surface area contributed by atoms with Crippen LogP contribution in [-0.4, -0.2) is 54.5 Å². The summed E-state index contributed by atoms with van der Waals surface area (Å²) in [6.45, 7) is 4.19. The van der Waals surface area contributed by atoms with E-state index in [0.29, 0.717) is 12.0 Å². The van der Waals surface area contributed by atoms with Gasteiger partial charge in [0.2, 0.25) is 5.91 Å². The third kappa shape index (κ3) is 2.94. The van der Waals surface area contributed by atoms with E-state index >= 15 is 0 Å². The van der Waals surface area contributed by atoms with Crippen LogP contribution >= 0.6 is 11.3 Å². The van der Waals surface area contributed by atoms with Crippen molar-refractivity contribution >= 4 is 17.2 Å². The van der Waals surface area contributed by atoms with E-state index in [1.165, 1.54) is 18.4 Å². The smallest absolute Gasteiger partial charge is 0.237 e. The fraction of sp³-hybridized carbons (Fsp3) is 0.706. The van der Waals surface area contributed by atoms with Crippen LogP contribution in [0.3, 0.4) is 0 Å². The second kappa shape index (κ2) is 5.95. The Morgan fingerprint density at radius 2 is 2.27 bits per heavy atom. The zero-order valence-corrected chi connectivity index (χ0v) is 14.0. The first-order valence-corrected chi connectivity index (χ1v) is 9.38. The molecule has 0 radical (unpaired) electrons. The summed E-state index contributed by atoms with van der Waals surface area (Å²) in [6, 6.07) is 2.86. The first kappa shape index (κ1) is 14.7. The second-order valence-corrected chi connectivity index (χ2v) is 8.04. The third-order valence-corrected chi connectivity index (χ3v) is 6.31. The van der Waals surface area contributed by atoms with E-state index in [4.69, 9.17) is 0 Å². The first-order chi connectivity index (χ1) is 10.7.